The van der Waals surface area contributed by atoms with Crippen molar-refractivity contribution in [1.29, 1.82) is 5.26 Å². The number of aromatic nitrogens is 1. The van der Waals surface area contributed by atoms with E-state index in [9.17, 15) is 4.79 Å². The number of ether oxygens (including phenoxy) is 1. The van der Waals surface area contributed by atoms with Crippen LogP contribution in [-0.4, -0.2) is 24.2 Å². The Kier molecular flexibility index (Phi) is 6.41. The average molecular weight is 325 g/mol. The smallest absolute Gasteiger partial charge is 0.333 e. The Hall–Kier alpha value is -3.27. The summed E-state index contributed by atoms with van der Waals surface area (Å²) in [5, 5.41) is 11.5. The number of hydrogen-bond donors (Lipinski definition) is 3. The van der Waals surface area contributed by atoms with Gasteiger partial charge in [-0.15, -0.1) is 0 Å². The van der Waals surface area contributed by atoms with Crippen LogP contribution in [0.3, 0.4) is 0 Å². The summed E-state index contributed by atoms with van der Waals surface area (Å²) in [5.41, 5.74) is 6.46. The van der Waals surface area contributed by atoms with Gasteiger partial charge in [-0.3, -0.25) is 10.9 Å². The van der Waals surface area contributed by atoms with Crippen LogP contribution in [-0.2, 0) is 0 Å². The van der Waals surface area contributed by atoms with E-state index in [4.69, 9.17) is 10.00 Å². The highest BCUT2D eigenvalue weighted by atomic mass is 16.5. The van der Waals surface area contributed by atoms with E-state index >= 15 is 0 Å². The zero-order valence-electron chi connectivity index (χ0n) is 13.4. The third kappa shape index (κ3) is 5.50. The van der Waals surface area contributed by atoms with Gasteiger partial charge in [-0.25, -0.2) is 9.78 Å². The first kappa shape index (κ1) is 17.1. The first-order valence-electron chi connectivity index (χ1n) is 7.53. The second-order valence-corrected chi connectivity index (χ2v) is 5.02. The van der Waals surface area contributed by atoms with E-state index < -0.39 is 0 Å². The molecule has 2 rings (SSSR count). The number of hydrogen-bond acceptors (Lipinski definition) is 5. The van der Waals surface area contributed by atoms with E-state index in [1.165, 1.54) is 6.20 Å². The molecule has 0 aliphatic carbocycles. The number of para-hydroxylation sites is 1. The summed E-state index contributed by atoms with van der Waals surface area (Å²) in [7, 11) is 0. The molecule has 0 saturated heterocycles. The fourth-order valence-corrected chi connectivity index (χ4v) is 1.91. The summed E-state index contributed by atoms with van der Waals surface area (Å²) >= 11 is 0. The highest BCUT2D eigenvalue weighted by molar-refractivity contribution is 5.75. The van der Waals surface area contributed by atoms with Gasteiger partial charge in [0.1, 0.15) is 17.6 Å². The Labute approximate surface area is 140 Å². The minimum absolute atomic E-state index is 0.361. The second-order valence-electron chi connectivity index (χ2n) is 5.02. The van der Waals surface area contributed by atoms with Gasteiger partial charge in [0.2, 0.25) is 0 Å². The first-order chi connectivity index (χ1) is 11.7. The van der Waals surface area contributed by atoms with Crippen molar-refractivity contribution < 1.29 is 9.53 Å². The average Bonchev–Trinajstić information content (AvgIpc) is 2.61. The van der Waals surface area contributed by atoms with Crippen LogP contribution in [0.5, 0.6) is 5.75 Å². The molecule has 0 radical (unpaired) electrons. The zero-order valence-corrected chi connectivity index (χ0v) is 13.4. The molecule has 2 aromatic rings. The third-order valence-corrected chi connectivity index (χ3v) is 3.12. The molecule has 124 valence electrons. The van der Waals surface area contributed by atoms with Gasteiger partial charge in [-0.2, -0.15) is 5.26 Å². The Morgan fingerprint density at radius 2 is 2.12 bits per heavy atom. The predicted octanol–water partition coefficient (Wildman–Crippen LogP) is 2.36. The molecule has 24 heavy (non-hydrogen) atoms. The van der Waals surface area contributed by atoms with E-state index in [0.29, 0.717) is 31.0 Å². The van der Waals surface area contributed by atoms with Crippen molar-refractivity contribution in [2.24, 2.45) is 0 Å². The lowest BCUT2D eigenvalue weighted by molar-refractivity contribution is 0.241. The minimum atomic E-state index is -0.361. The van der Waals surface area contributed by atoms with Gasteiger partial charge in [-0.1, -0.05) is 18.2 Å². The van der Waals surface area contributed by atoms with Crippen molar-refractivity contribution >= 4 is 11.8 Å². The van der Waals surface area contributed by atoms with Crippen LogP contribution in [0.15, 0.2) is 42.6 Å². The lowest BCUT2D eigenvalue weighted by Crippen LogP contribution is -2.40. The van der Waals surface area contributed by atoms with Crippen LogP contribution in [0, 0.1) is 18.3 Å². The van der Waals surface area contributed by atoms with Crippen LogP contribution in [0.1, 0.15) is 17.5 Å². The largest absolute Gasteiger partial charge is 0.494 e. The van der Waals surface area contributed by atoms with Crippen molar-refractivity contribution in [3.05, 3.63) is 53.7 Å². The first-order valence-corrected chi connectivity index (χ1v) is 7.53. The number of aryl methyl sites for hydroxylation is 1. The van der Waals surface area contributed by atoms with Gasteiger partial charge >= 0.3 is 6.03 Å². The number of rotatable bonds is 7. The zero-order chi connectivity index (χ0) is 17.2. The van der Waals surface area contributed by atoms with Gasteiger partial charge in [0.15, 0.2) is 0 Å². The van der Waals surface area contributed by atoms with Gasteiger partial charge < -0.3 is 10.1 Å². The van der Waals surface area contributed by atoms with E-state index in [0.717, 1.165) is 11.3 Å². The maximum absolute atomic E-state index is 11.7. The van der Waals surface area contributed by atoms with E-state index in [-0.39, 0.29) is 6.03 Å². The van der Waals surface area contributed by atoms with E-state index in [2.05, 4.69) is 21.2 Å². The number of carbonyl (C=O) groups is 1. The molecule has 7 nitrogen and oxygen atoms in total. The molecule has 0 unspecified atom stereocenters. The highest BCUT2D eigenvalue weighted by Gasteiger charge is 2.03. The Morgan fingerprint density at radius 1 is 1.33 bits per heavy atom. The molecule has 0 aliphatic rings. The third-order valence-electron chi connectivity index (χ3n) is 3.12. The summed E-state index contributed by atoms with van der Waals surface area (Å²) in [6.45, 7) is 2.81. The minimum Gasteiger partial charge on any atom is -0.494 e. The summed E-state index contributed by atoms with van der Waals surface area (Å²) < 4.78 is 5.53. The maximum atomic E-state index is 11.7. The van der Waals surface area contributed by atoms with Crippen LogP contribution >= 0.6 is 0 Å². The summed E-state index contributed by atoms with van der Waals surface area (Å²) in [6.07, 6.45) is 2.13. The molecule has 1 aromatic carbocycles. The number of nitrogens with zero attached hydrogens (tertiary/aromatic N) is 2. The van der Waals surface area contributed by atoms with Crippen molar-refractivity contribution in [2.75, 3.05) is 18.6 Å². The molecular weight excluding hydrogens is 306 g/mol. The van der Waals surface area contributed by atoms with E-state index in [1.807, 2.05) is 36.4 Å². The van der Waals surface area contributed by atoms with Gasteiger partial charge in [0.05, 0.1) is 12.2 Å². The summed E-state index contributed by atoms with van der Waals surface area (Å²) in [6, 6.07) is 12.9. The number of nitrogens with one attached hydrogen (secondary N) is 3. The lowest BCUT2D eigenvalue weighted by Gasteiger charge is -2.11. The lowest BCUT2D eigenvalue weighted by atomic mass is 10.2. The molecule has 3 N–H and O–H groups in total. The standard InChI is InChI=1S/C17H19N5O2/c1-13-10-14(11-18)12-20-16(13)21-22-17(23)19-8-5-9-24-15-6-3-2-4-7-15/h2-4,6-7,10,12H,5,8-9H2,1H3,(H,20,21)(H2,19,22,23). The molecule has 0 fully saturated rings. The Morgan fingerprint density at radius 3 is 2.83 bits per heavy atom. The monoisotopic (exact) mass is 325 g/mol. The number of urea groups is 1. The van der Waals surface area contributed by atoms with E-state index in [1.54, 1.807) is 13.0 Å². The molecular formula is C17H19N5O2. The van der Waals surface area contributed by atoms with Crippen molar-refractivity contribution in [1.82, 2.24) is 15.7 Å². The molecule has 0 aliphatic heterocycles. The SMILES string of the molecule is Cc1cc(C#N)cnc1NNC(=O)NCCCOc1ccccc1. The predicted molar refractivity (Wildman–Crippen MR) is 90.4 cm³/mol. The summed E-state index contributed by atoms with van der Waals surface area (Å²) in [4.78, 5) is 15.7. The fourth-order valence-electron chi connectivity index (χ4n) is 1.91. The quantitative estimate of drug-likeness (QED) is 0.536. The molecule has 7 heteroatoms. The maximum Gasteiger partial charge on any atom is 0.333 e. The van der Waals surface area contributed by atoms with Crippen molar-refractivity contribution in [2.45, 2.75) is 13.3 Å². The second kappa shape index (κ2) is 9.00. The van der Waals surface area contributed by atoms with Crippen molar-refractivity contribution in [3.8, 4) is 11.8 Å². The Bertz CT molecular complexity index is 713. The van der Waals surface area contributed by atoms with Crippen LogP contribution < -0.4 is 20.9 Å². The Balaban J connectivity index is 1.62. The molecule has 1 heterocycles. The van der Waals surface area contributed by atoms with Gasteiger partial charge in [0, 0.05) is 12.7 Å². The van der Waals surface area contributed by atoms with Crippen LogP contribution in [0.4, 0.5) is 10.6 Å². The van der Waals surface area contributed by atoms with Crippen LogP contribution in [0.25, 0.3) is 0 Å². The molecule has 2 amide bonds. The van der Waals surface area contributed by atoms with Crippen molar-refractivity contribution in [3.63, 3.8) is 0 Å². The van der Waals surface area contributed by atoms with Crippen LogP contribution in [0.2, 0.25) is 0 Å². The number of carbonyl (C=O) groups excluding carboxylic acids is 1. The number of hydrazine groups is 1. The molecule has 0 atom stereocenters. The van der Waals surface area contributed by atoms with Gasteiger partial charge in [-0.05, 0) is 37.1 Å². The molecule has 0 spiro atoms. The number of benzene rings is 1. The van der Waals surface area contributed by atoms with Gasteiger partial charge in [0.25, 0.3) is 0 Å². The molecule has 0 saturated carbocycles. The molecule has 0 bridgehead atoms. The fraction of sp³-hybridized carbons (Fsp3) is 0.235. The highest BCUT2D eigenvalue weighted by Crippen LogP contribution is 2.11. The molecule has 1 aromatic heterocycles. The number of anilines is 1. The number of pyridine rings is 1. The number of amides is 2. The summed E-state index contributed by atoms with van der Waals surface area (Å²) in [5.74, 6) is 1.31. The normalized spacial score (nSPS) is 9.67. The number of nitriles is 1. The topological polar surface area (TPSA) is 99.1 Å².